The van der Waals surface area contributed by atoms with Gasteiger partial charge in [0, 0.05) is 6.42 Å². The average molecular weight is 346 g/mol. The van der Waals surface area contributed by atoms with Crippen LogP contribution in [-0.2, 0) is 4.79 Å². The maximum atomic E-state index is 10.4. The minimum absolute atomic E-state index is 0.00776. The highest BCUT2D eigenvalue weighted by Crippen LogP contribution is 2.08. The van der Waals surface area contributed by atoms with E-state index in [1.54, 1.807) is 12.2 Å². The Balaban J connectivity index is 2.14. The van der Waals surface area contributed by atoms with Gasteiger partial charge in [-0.05, 0) is 31.4 Å². The number of carboxylic acid groups (broad SMARTS) is 1. The lowest BCUT2D eigenvalue weighted by Crippen LogP contribution is -2.23. The van der Waals surface area contributed by atoms with Crippen LogP contribution in [0.2, 0.25) is 0 Å². The quantitative estimate of drug-likeness (QED) is 0.400. The van der Waals surface area contributed by atoms with Crippen molar-refractivity contribution >= 4 is 5.97 Å². The third-order valence-electron chi connectivity index (χ3n) is 3.36. The number of para-hydroxylation sites is 1. The molecule has 0 bridgehead atoms. The Labute approximate surface area is 148 Å². The molecule has 3 N–H and O–H groups in total. The molecule has 0 aliphatic heterocycles. The molecule has 0 amide bonds. The van der Waals surface area contributed by atoms with Gasteiger partial charge in [-0.3, -0.25) is 4.79 Å². The minimum atomic E-state index is -0.998. The summed E-state index contributed by atoms with van der Waals surface area (Å²) in [4.78, 5) is 10.4. The molecule has 2 unspecified atom stereocenters. The van der Waals surface area contributed by atoms with Crippen molar-refractivity contribution < 1.29 is 24.9 Å². The zero-order chi connectivity index (χ0) is 18.3. The summed E-state index contributed by atoms with van der Waals surface area (Å²) in [7, 11) is 0. The molecule has 1 aromatic rings. The number of aliphatic carboxylic acids is 1. The Hall–Kier alpha value is -2.37. The van der Waals surface area contributed by atoms with Crippen LogP contribution in [0.25, 0.3) is 0 Å². The van der Waals surface area contributed by atoms with E-state index in [9.17, 15) is 15.0 Å². The smallest absolute Gasteiger partial charge is 0.303 e. The molecule has 1 rings (SSSR count). The summed E-state index contributed by atoms with van der Waals surface area (Å²) in [5.41, 5.74) is 0. The predicted octanol–water partition coefficient (Wildman–Crippen LogP) is 3.10. The Morgan fingerprint density at radius 2 is 1.80 bits per heavy atom. The molecular formula is C20H26O5. The van der Waals surface area contributed by atoms with E-state index < -0.39 is 18.2 Å². The van der Waals surface area contributed by atoms with Crippen LogP contribution in [0.4, 0.5) is 0 Å². The molecule has 0 spiro atoms. The third kappa shape index (κ3) is 10.9. The van der Waals surface area contributed by atoms with Crippen molar-refractivity contribution in [2.45, 2.75) is 37.9 Å². The molecule has 25 heavy (non-hydrogen) atoms. The summed E-state index contributed by atoms with van der Waals surface area (Å²) in [6, 6.07) is 9.62. The van der Waals surface area contributed by atoms with Crippen LogP contribution < -0.4 is 4.74 Å². The van der Waals surface area contributed by atoms with Gasteiger partial charge in [-0.2, -0.15) is 0 Å². The van der Waals surface area contributed by atoms with Gasteiger partial charge in [0.25, 0.3) is 0 Å². The van der Waals surface area contributed by atoms with E-state index in [0.717, 1.165) is 12.2 Å². The van der Waals surface area contributed by atoms with E-state index >= 15 is 0 Å². The maximum Gasteiger partial charge on any atom is 0.303 e. The molecule has 0 aliphatic rings. The molecular weight excluding hydrogens is 320 g/mol. The van der Waals surface area contributed by atoms with Crippen molar-refractivity contribution in [3.05, 3.63) is 66.8 Å². The Kier molecular flexibility index (Phi) is 10.7. The van der Waals surface area contributed by atoms with Crippen LogP contribution in [0, 0.1) is 0 Å². The molecule has 0 saturated carbocycles. The normalized spacial score (nSPS) is 14.3. The van der Waals surface area contributed by atoms with Gasteiger partial charge in [0.15, 0.2) is 0 Å². The molecule has 0 aromatic heterocycles. The van der Waals surface area contributed by atoms with Crippen LogP contribution in [0.1, 0.15) is 25.7 Å². The summed E-state index contributed by atoms with van der Waals surface area (Å²) in [6.07, 6.45) is 9.98. The van der Waals surface area contributed by atoms with Crippen molar-refractivity contribution in [3.63, 3.8) is 0 Å². The van der Waals surface area contributed by atoms with Gasteiger partial charge in [0.2, 0.25) is 0 Å². The summed E-state index contributed by atoms with van der Waals surface area (Å²) < 4.78 is 5.55. The fourth-order valence-corrected chi connectivity index (χ4v) is 2.00. The standard InChI is InChI=1S/C20H26O5/c21-18(19(22)14-10-15-20(23)24)13-8-3-1-2-4-9-16-25-17-11-6-5-7-12-17/h1-8,11-13,18-19,21-22H,9-10,14-16H2,(H,23,24)/b3-1-,4-2+,13-8+. The van der Waals surface area contributed by atoms with Crippen molar-refractivity contribution in [1.29, 1.82) is 0 Å². The lowest BCUT2D eigenvalue weighted by molar-refractivity contribution is -0.137. The summed E-state index contributed by atoms with van der Waals surface area (Å²) in [5, 5.41) is 27.9. The summed E-state index contributed by atoms with van der Waals surface area (Å²) >= 11 is 0. The fraction of sp³-hybridized carbons (Fsp3) is 0.350. The Bertz CT molecular complexity index is 563. The molecule has 5 heteroatoms. The van der Waals surface area contributed by atoms with Crippen LogP contribution >= 0.6 is 0 Å². The molecule has 136 valence electrons. The van der Waals surface area contributed by atoms with Crippen molar-refractivity contribution in [2.75, 3.05) is 6.61 Å². The molecule has 0 fully saturated rings. The number of aliphatic hydroxyl groups excluding tert-OH is 2. The second kappa shape index (κ2) is 13.0. The number of ether oxygens (including phenoxy) is 1. The van der Waals surface area contributed by atoms with E-state index in [1.165, 1.54) is 6.08 Å². The predicted molar refractivity (Wildman–Crippen MR) is 97.5 cm³/mol. The molecule has 0 saturated heterocycles. The zero-order valence-corrected chi connectivity index (χ0v) is 14.2. The minimum Gasteiger partial charge on any atom is -0.493 e. The first-order valence-corrected chi connectivity index (χ1v) is 8.35. The van der Waals surface area contributed by atoms with Crippen molar-refractivity contribution in [1.82, 2.24) is 0 Å². The average Bonchev–Trinajstić information content (AvgIpc) is 2.60. The Morgan fingerprint density at radius 1 is 1.08 bits per heavy atom. The highest BCUT2D eigenvalue weighted by atomic mass is 16.5. The summed E-state index contributed by atoms with van der Waals surface area (Å²) in [6.45, 7) is 0.603. The number of hydrogen-bond donors (Lipinski definition) is 3. The number of carboxylic acids is 1. The van der Waals surface area contributed by atoms with Crippen LogP contribution in [0.15, 0.2) is 66.8 Å². The van der Waals surface area contributed by atoms with E-state index in [4.69, 9.17) is 9.84 Å². The molecule has 5 nitrogen and oxygen atoms in total. The fourth-order valence-electron chi connectivity index (χ4n) is 2.00. The van der Waals surface area contributed by atoms with Gasteiger partial charge in [0.1, 0.15) is 5.75 Å². The first-order chi connectivity index (χ1) is 12.1. The number of hydrogen-bond acceptors (Lipinski definition) is 4. The first-order valence-electron chi connectivity index (χ1n) is 8.35. The van der Waals surface area contributed by atoms with Gasteiger partial charge >= 0.3 is 5.97 Å². The highest BCUT2D eigenvalue weighted by molar-refractivity contribution is 5.66. The second-order valence-corrected chi connectivity index (χ2v) is 5.49. The molecule has 2 atom stereocenters. The largest absolute Gasteiger partial charge is 0.493 e. The first kappa shape index (κ1) is 20.7. The SMILES string of the molecule is O=C(O)CCCC(O)C(O)/C=C/C=C\C=C\CCOc1ccccc1. The Morgan fingerprint density at radius 3 is 2.52 bits per heavy atom. The number of allylic oxidation sites excluding steroid dienone is 4. The van der Waals surface area contributed by atoms with Crippen molar-refractivity contribution in [3.8, 4) is 5.75 Å². The van der Waals surface area contributed by atoms with E-state index in [-0.39, 0.29) is 12.8 Å². The molecule has 0 aliphatic carbocycles. The number of benzene rings is 1. The molecule has 0 radical (unpaired) electrons. The van der Waals surface area contributed by atoms with Gasteiger partial charge < -0.3 is 20.1 Å². The number of carbonyl (C=O) groups is 1. The number of rotatable bonds is 12. The summed E-state index contributed by atoms with van der Waals surface area (Å²) in [5.74, 6) is -0.0496. The monoisotopic (exact) mass is 346 g/mol. The van der Waals surface area contributed by atoms with Gasteiger partial charge in [-0.25, -0.2) is 0 Å². The molecule has 0 heterocycles. The van der Waals surface area contributed by atoms with E-state index in [2.05, 4.69) is 0 Å². The zero-order valence-electron chi connectivity index (χ0n) is 14.2. The van der Waals surface area contributed by atoms with Crippen LogP contribution in [-0.4, -0.2) is 40.1 Å². The van der Waals surface area contributed by atoms with Gasteiger partial charge in [-0.15, -0.1) is 0 Å². The van der Waals surface area contributed by atoms with Crippen molar-refractivity contribution in [2.24, 2.45) is 0 Å². The van der Waals surface area contributed by atoms with E-state index in [1.807, 2.05) is 48.6 Å². The van der Waals surface area contributed by atoms with Crippen LogP contribution in [0.3, 0.4) is 0 Å². The topological polar surface area (TPSA) is 87.0 Å². The lowest BCUT2D eigenvalue weighted by Gasteiger charge is -2.13. The lowest BCUT2D eigenvalue weighted by atomic mass is 10.1. The van der Waals surface area contributed by atoms with Crippen LogP contribution in [0.5, 0.6) is 5.75 Å². The maximum absolute atomic E-state index is 10.4. The third-order valence-corrected chi connectivity index (χ3v) is 3.36. The number of aliphatic hydroxyl groups is 2. The van der Waals surface area contributed by atoms with E-state index in [0.29, 0.717) is 13.0 Å². The molecule has 1 aromatic carbocycles. The highest BCUT2D eigenvalue weighted by Gasteiger charge is 2.12. The van der Waals surface area contributed by atoms with Gasteiger partial charge in [0.05, 0.1) is 18.8 Å². The van der Waals surface area contributed by atoms with Gasteiger partial charge in [-0.1, -0.05) is 54.7 Å². The second-order valence-electron chi connectivity index (χ2n) is 5.49.